The maximum atomic E-state index is 12.6. The Morgan fingerprint density at radius 2 is 1.80 bits per heavy atom. The Morgan fingerprint density at radius 3 is 2.58 bits per heavy atom. The topological polar surface area (TPSA) is 47.7 Å². The van der Waals surface area contributed by atoms with Crippen LogP contribution in [0, 0.1) is 6.92 Å². The van der Waals surface area contributed by atoms with Gasteiger partial charge in [0.15, 0.2) is 0 Å². The number of aryl methyl sites for hydroxylation is 2. The van der Waals surface area contributed by atoms with Gasteiger partial charge in [-0.15, -0.1) is 0 Å². The number of nitrogens with two attached hydrogens (primary N) is 1. The van der Waals surface area contributed by atoms with E-state index in [4.69, 9.17) is 15.2 Å². The summed E-state index contributed by atoms with van der Waals surface area (Å²) in [5, 5.41) is 0. The standard InChI is InChI=1S/C35H43FN2O2/c1-3-4-21-39-34-16-11-28(22-25(34)2)32-8-5-7-27-23-29(37)12-15-33(27)35(32)26-9-13-30(14-10-26)40-31-17-20-38(24-31)19-6-18-36/h9-16,22-23,31H,3-8,17-21,24,37H2,1-2H3. The van der Waals surface area contributed by atoms with Crippen LogP contribution in [0.4, 0.5) is 10.1 Å². The summed E-state index contributed by atoms with van der Waals surface area (Å²) in [7, 11) is 0. The second kappa shape index (κ2) is 13.4. The van der Waals surface area contributed by atoms with Crippen molar-refractivity contribution in [3.8, 4) is 11.5 Å². The first kappa shape index (κ1) is 28.2. The molecule has 0 bridgehead atoms. The normalized spacial score (nSPS) is 17.5. The fourth-order valence-corrected chi connectivity index (χ4v) is 6.02. The van der Waals surface area contributed by atoms with Crippen LogP contribution in [0.1, 0.15) is 73.3 Å². The fourth-order valence-electron chi connectivity index (χ4n) is 6.02. The van der Waals surface area contributed by atoms with Gasteiger partial charge in [0.1, 0.15) is 17.6 Å². The number of ether oxygens (including phenoxy) is 2. The van der Waals surface area contributed by atoms with Crippen molar-refractivity contribution in [3.63, 3.8) is 0 Å². The number of rotatable bonds is 11. The third-order valence-electron chi connectivity index (χ3n) is 8.14. The molecule has 1 saturated heterocycles. The Hall–Kier alpha value is -3.31. The monoisotopic (exact) mass is 542 g/mol. The molecule has 1 heterocycles. The average molecular weight is 543 g/mol. The molecule has 0 amide bonds. The molecule has 40 heavy (non-hydrogen) atoms. The summed E-state index contributed by atoms with van der Waals surface area (Å²) in [6.45, 7) is 7.47. The summed E-state index contributed by atoms with van der Waals surface area (Å²) >= 11 is 0. The molecule has 1 aliphatic carbocycles. The molecule has 1 fully saturated rings. The maximum absolute atomic E-state index is 12.6. The van der Waals surface area contributed by atoms with E-state index in [1.54, 1.807) is 0 Å². The van der Waals surface area contributed by atoms with E-state index in [0.29, 0.717) is 6.42 Å². The lowest BCUT2D eigenvalue weighted by atomic mass is 9.87. The van der Waals surface area contributed by atoms with Gasteiger partial charge in [-0.2, -0.15) is 0 Å². The van der Waals surface area contributed by atoms with Crippen LogP contribution < -0.4 is 15.2 Å². The summed E-state index contributed by atoms with van der Waals surface area (Å²) in [5.41, 5.74) is 15.8. The minimum Gasteiger partial charge on any atom is -0.493 e. The van der Waals surface area contributed by atoms with Crippen molar-refractivity contribution >= 4 is 16.8 Å². The highest BCUT2D eigenvalue weighted by Crippen LogP contribution is 2.41. The highest BCUT2D eigenvalue weighted by Gasteiger charge is 2.24. The number of unbranched alkanes of at least 4 members (excludes halogenated alkanes) is 1. The van der Waals surface area contributed by atoms with Crippen LogP contribution in [0.5, 0.6) is 11.5 Å². The van der Waals surface area contributed by atoms with Crippen molar-refractivity contribution in [2.45, 2.75) is 64.9 Å². The smallest absolute Gasteiger partial charge is 0.122 e. The van der Waals surface area contributed by atoms with Crippen LogP contribution >= 0.6 is 0 Å². The van der Waals surface area contributed by atoms with E-state index in [2.05, 4.69) is 73.3 Å². The molecule has 0 radical (unpaired) electrons. The largest absolute Gasteiger partial charge is 0.493 e. The van der Waals surface area contributed by atoms with Crippen LogP contribution in [-0.4, -0.2) is 43.9 Å². The molecule has 0 spiro atoms. The molecule has 3 aromatic rings. The number of hydrogen-bond donors (Lipinski definition) is 1. The second-order valence-electron chi connectivity index (χ2n) is 11.2. The van der Waals surface area contributed by atoms with Crippen LogP contribution in [-0.2, 0) is 6.42 Å². The number of likely N-dealkylation sites (tertiary alicyclic amines) is 1. The molecule has 1 atom stereocenters. The average Bonchev–Trinajstić information content (AvgIpc) is 3.32. The molecule has 0 saturated carbocycles. The first-order valence-electron chi connectivity index (χ1n) is 15.0. The number of halogens is 1. The van der Waals surface area contributed by atoms with Crippen LogP contribution in [0.2, 0.25) is 0 Å². The number of allylic oxidation sites excluding steroid dienone is 1. The van der Waals surface area contributed by atoms with Crippen LogP contribution in [0.25, 0.3) is 11.1 Å². The number of benzene rings is 3. The molecule has 2 N–H and O–H groups in total. The van der Waals surface area contributed by atoms with E-state index >= 15 is 0 Å². The lowest BCUT2D eigenvalue weighted by molar-refractivity contribution is 0.198. The summed E-state index contributed by atoms with van der Waals surface area (Å²) in [4.78, 5) is 2.30. The van der Waals surface area contributed by atoms with E-state index < -0.39 is 0 Å². The predicted molar refractivity (Wildman–Crippen MR) is 164 cm³/mol. The Kier molecular flexibility index (Phi) is 9.43. The van der Waals surface area contributed by atoms with Crippen molar-refractivity contribution in [1.82, 2.24) is 4.90 Å². The number of anilines is 1. The second-order valence-corrected chi connectivity index (χ2v) is 11.2. The Balaban J connectivity index is 1.46. The first-order valence-corrected chi connectivity index (χ1v) is 15.0. The van der Waals surface area contributed by atoms with Gasteiger partial charge < -0.3 is 15.2 Å². The van der Waals surface area contributed by atoms with E-state index in [1.807, 2.05) is 6.07 Å². The highest BCUT2D eigenvalue weighted by atomic mass is 19.1. The molecule has 3 aromatic carbocycles. The maximum Gasteiger partial charge on any atom is 0.122 e. The molecular formula is C35H43FN2O2. The zero-order valence-corrected chi connectivity index (χ0v) is 24.1. The SMILES string of the molecule is CCCCOc1ccc(C2=C(c3ccc(OC4CCN(CCCF)C4)cc3)c3ccc(N)cc3CCC2)cc1C. The highest BCUT2D eigenvalue weighted by molar-refractivity contribution is 6.00. The number of fused-ring (bicyclic) bond motifs is 1. The Morgan fingerprint density at radius 1 is 0.975 bits per heavy atom. The summed E-state index contributed by atoms with van der Waals surface area (Å²) < 4.78 is 25.0. The van der Waals surface area contributed by atoms with E-state index in [0.717, 1.165) is 82.0 Å². The van der Waals surface area contributed by atoms with Gasteiger partial charge in [-0.25, -0.2) is 0 Å². The van der Waals surface area contributed by atoms with E-state index in [1.165, 1.54) is 39.0 Å². The third-order valence-corrected chi connectivity index (χ3v) is 8.14. The third kappa shape index (κ3) is 6.69. The minimum absolute atomic E-state index is 0.155. The fraction of sp³-hybridized carbons (Fsp3) is 0.429. The number of hydrogen-bond acceptors (Lipinski definition) is 4. The molecule has 1 aliphatic heterocycles. The molecule has 4 nitrogen and oxygen atoms in total. The minimum atomic E-state index is -0.256. The molecule has 2 aliphatic rings. The van der Waals surface area contributed by atoms with Crippen molar-refractivity contribution in [3.05, 3.63) is 88.5 Å². The molecule has 5 rings (SSSR count). The van der Waals surface area contributed by atoms with Gasteiger partial charge >= 0.3 is 0 Å². The summed E-state index contributed by atoms with van der Waals surface area (Å²) in [5.74, 6) is 1.86. The molecule has 0 aromatic heterocycles. The Bertz CT molecular complexity index is 1320. The van der Waals surface area contributed by atoms with Gasteiger partial charge in [0.25, 0.3) is 0 Å². The number of nitrogen functional groups attached to an aromatic ring is 1. The molecule has 5 heteroatoms. The van der Waals surface area contributed by atoms with E-state index in [-0.39, 0.29) is 12.8 Å². The zero-order chi connectivity index (χ0) is 27.9. The van der Waals surface area contributed by atoms with Gasteiger partial charge in [-0.3, -0.25) is 9.29 Å². The van der Waals surface area contributed by atoms with Crippen molar-refractivity contribution < 1.29 is 13.9 Å². The number of nitrogens with zero attached hydrogens (tertiary/aromatic N) is 1. The number of alkyl halides is 1. The lowest BCUT2D eigenvalue weighted by Crippen LogP contribution is -2.26. The van der Waals surface area contributed by atoms with Crippen molar-refractivity contribution in [2.75, 3.05) is 38.6 Å². The zero-order valence-electron chi connectivity index (χ0n) is 24.1. The first-order chi connectivity index (χ1) is 19.6. The van der Waals surface area contributed by atoms with Gasteiger partial charge in [0.05, 0.1) is 13.3 Å². The van der Waals surface area contributed by atoms with E-state index in [9.17, 15) is 4.39 Å². The Labute approximate surface area is 239 Å². The van der Waals surface area contributed by atoms with Gasteiger partial charge in [0.2, 0.25) is 0 Å². The molecule has 212 valence electrons. The van der Waals surface area contributed by atoms with Crippen molar-refractivity contribution in [1.29, 1.82) is 0 Å². The van der Waals surface area contributed by atoms with Gasteiger partial charge in [-0.05, 0) is 121 Å². The van der Waals surface area contributed by atoms with Crippen LogP contribution in [0.15, 0.2) is 60.7 Å². The van der Waals surface area contributed by atoms with Crippen molar-refractivity contribution in [2.24, 2.45) is 0 Å². The molecule has 1 unspecified atom stereocenters. The summed E-state index contributed by atoms with van der Waals surface area (Å²) in [6.07, 6.45) is 7.00. The summed E-state index contributed by atoms with van der Waals surface area (Å²) in [6, 6.07) is 21.6. The predicted octanol–water partition coefficient (Wildman–Crippen LogP) is 7.86. The lowest BCUT2D eigenvalue weighted by Gasteiger charge is -2.19. The van der Waals surface area contributed by atoms with Gasteiger partial charge in [-0.1, -0.05) is 37.6 Å². The van der Waals surface area contributed by atoms with Gasteiger partial charge in [0, 0.05) is 25.3 Å². The molecular weight excluding hydrogens is 499 g/mol. The van der Waals surface area contributed by atoms with Crippen LogP contribution in [0.3, 0.4) is 0 Å². The quantitative estimate of drug-likeness (QED) is 0.198.